The van der Waals surface area contributed by atoms with Crippen molar-refractivity contribution in [2.45, 2.75) is 58.7 Å². The fourth-order valence-electron chi connectivity index (χ4n) is 5.37. The highest BCUT2D eigenvalue weighted by molar-refractivity contribution is 5.54. The Hall–Kier alpha value is -2.24. The Kier molecular flexibility index (Phi) is 7.27. The van der Waals surface area contributed by atoms with E-state index in [-0.39, 0.29) is 5.82 Å². The van der Waals surface area contributed by atoms with E-state index in [0.717, 1.165) is 81.0 Å². The summed E-state index contributed by atoms with van der Waals surface area (Å²) in [6.45, 7) is 16.2. The molecule has 1 unspecified atom stereocenters. The molecular formula is C27H37FN4. The molecule has 2 aliphatic rings. The van der Waals surface area contributed by atoms with E-state index in [1.54, 1.807) is 6.07 Å². The maximum Gasteiger partial charge on any atom is 0.131 e. The van der Waals surface area contributed by atoms with E-state index in [1.807, 2.05) is 31.3 Å². The summed E-state index contributed by atoms with van der Waals surface area (Å²) >= 11 is 0. The Morgan fingerprint density at radius 2 is 1.91 bits per heavy atom. The number of pyridine rings is 1. The lowest BCUT2D eigenvalue weighted by atomic mass is 9.97. The zero-order valence-electron chi connectivity index (χ0n) is 19.9. The highest BCUT2D eigenvalue weighted by Crippen LogP contribution is 2.28. The minimum Gasteiger partial charge on any atom is -0.354 e. The number of hydrogen-bond donors (Lipinski definition) is 0. The number of aromatic nitrogens is 1. The number of halogens is 1. The van der Waals surface area contributed by atoms with Crippen LogP contribution in [-0.4, -0.2) is 59.6 Å². The molecule has 0 amide bonds. The molecular weight excluding hydrogens is 399 g/mol. The first-order valence-corrected chi connectivity index (χ1v) is 12.1. The minimum absolute atomic E-state index is 0.0701. The molecule has 32 heavy (non-hydrogen) atoms. The van der Waals surface area contributed by atoms with Crippen LogP contribution in [0, 0.1) is 19.7 Å². The molecule has 1 aromatic heterocycles. The van der Waals surface area contributed by atoms with Crippen LogP contribution in [0.4, 0.5) is 10.2 Å². The van der Waals surface area contributed by atoms with E-state index in [2.05, 4.69) is 41.2 Å². The normalized spacial score (nSPS) is 21.1. The Bertz CT molecular complexity index is 935. The first-order chi connectivity index (χ1) is 15.5. The molecule has 0 saturated carbocycles. The van der Waals surface area contributed by atoms with Crippen LogP contribution >= 0.6 is 0 Å². The van der Waals surface area contributed by atoms with Gasteiger partial charge in [0.1, 0.15) is 11.6 Å². The van der Waals surface area contributed by atoms with Crippen molar-refractivity contribution in [3.63, 3.8) is 0 Å². The number of nitrogens with zero attached hydrogens (tertiary/aromatic N) is 4. The third-order valence-corrected chi connectivity index (χ3v) is 7.24. The number of piperidine rings is 1. The summed E-state index contributed by atoms with van der Waals surface area (Å²) in [5.74, 6) is 1.04. The summed E-state index contributed by atoms with van der Waals surface area (Å²) in [4.78, 5) is 12.4. The Balaban J connectivity index is 1.34. The zero-order chi connectivity index (χ0) is 22.7. The average Bonchev–Trinajstić information content (AvgIpc) is 2.81. The molecule has 0 N–H and O–H groups in total. The second kappa shape index (κ2) is 10.1. The van der Waals surface area contributed by atoms with Gasteiger partial charge in [-0.15, -0.1) is 0 Å². The van der Waals surface area contributed by atoms with Crippen LogP contribution in [-0.2, 0) is 6.54 Å². The summed E-state index contributed by atoms with van der Waals surface area (Å²) in [7, 11) is 0. The predicted octanol–water partition coefficient (Wildman–Crippen LogP) is 5.05. The molecule has 2 aromatic rings. The van der Waals surface area contributed by atoms with Gasteiger partial charge < -0.3 is 4.90 Å². The minimum atomic E-state index is -0.0701. The molecule has 0 bridgehead atoms. The van der Waals surface area contributed by atoms with E-state index < -0.39 is 0 Å². The quantitative estimate of drug-likeness (QED) is 0.632. The highest BCUT2D eigenvalue weighted by atomic mass is 19.1. The van der Waals surface area contributed by atoms with Gasteiger partial charge in [-0.25, -0.2) is 9.37 Å². The molecule has 1 aromatic carbocycles. The second-order valence-electron chi connectivity index (χ2n) is 9.46. The molecule has 0 spiro atoms. The van der Waals surface area contributed by atoms with E-state index in [1.165, 1.54) is 5.56 Å². The van der Waals surface area contributed by atoms with Crippen molar-refractivity contribution in [3.8, 4) is 0 Å². The van der Waals surface area contributed by atoms with Gasteiger partial charge in [-0.1, -0.05) is 31.7 Å². The molecule has 2 saturated heterocycles. The standard InChI is InChI=1S/C27H37FN4/c1-5-22-16-21(4)27(29-17-22)31-13-14-32(24(6-2)19-31)25-9-11-30(12-10-25)18-23-8-7-20(3)15-26(23)28/h5,7-8,15-17,24-25H,1,6,9-14,18-19H2,2-4H3. The number of anilines is 1. The van der Waals surface area contributed by atoms with Crippen LogP contribution in [0.3, 0.4) is 0 Å². The van der Waals surface area contributed by atoms with Gasteiger partial charge in [0.2, 0.25) is 0 Å². The molecule has 5 heteroatoms. The Morgan fingerprint density at radius 1 is 1.12 bits per heavy atom. The van der Waals surface area contributed by atoms with Gasteiger partial charge in [-0.05, 0) is 75.0 Å². The van der Waals surface area contributed by atoms with Crippen molar-refractivity contribution in [1.29, 1.82) is 0 Å². The lowest BCUT2D eigenvalue weighted by Crippen LogP contribution is -2.58. The summed E-state index contributed by atoms with van der Waals surface area (Å²) in [6.07, 6.45) is 7.26. The predicted molar refractivity (Wildman–Crippen MR) is 131 cm³/mol. The van der Waals surface area contributed by atoms with Crippen LogP contribution in [0.1, 0.15) is 48.4 Å². The number of rotatable bonds is 6. The molecule has 2 fully saturated rings. The molecule has 1 atom stereocenters. The summed E-state index contributed by atoms with van der Waals surface area (Å²) in [5, 5.41) is 0. The first-order valence-electron chi connectivity index (χ1n) is 12.1. The van der Waals surface area contributed by atoms with Crippen molar-refractivity contribution in [2.75, 3.05) is 37.6 Å². The van der Waals surface area contributed by atoms with Gasteiger partial charge in [0.15, 0.2) is 0 Å². The average molecular weight is 437 g/mol. The van der Waals surface area contributed by atoms with Crippen LogP contribution in [0.25, 0.3) is 6.08 Å². The maximum absolute atomic E-state index is 14.3. The summed E-state index contributed by atoms with van der Waals surface area (Å²) < 4.78 is 14.3. The van der Waals surface area contributed by atoms with Crippen molar-refractivity contribution < 1.29 is 4.39 Å². The summed E-state index contributed by atoms with van der Waals surface area (Å²) in [6, 6.07) is 8.96. The third kappa shape index (κ3) is 5.05. The van der Waals surface area contributed by atoms with Gasteiger partial charge >= 0.3 is 0 Å². The van der Waals surface area contributed by atoms with Crippen molar-refractivity contribution in [2.24, 2.45) is 0 Å². The smallest absolute Gasteiger partial charge is 0.131 e. The summed E-state index contributed by atoms with van der Waals surface area (Å²) in [5.41, 5.74) is 4.10. The number of benzene rings is 1. The Morgan fingerprint density at radius 3 is 2.56 bits per heavy atom. The molecule has 172 valence electrons. The molecule has 3 heterocycles. The fraction of sp³-hybridized carbons (Fsp3) is 0.519. The van der Waals surface area contributed by atoms with E-state index >= 15 is 0 Å². The monoisotopic (exact) mass is 436 g/mol. The molecule has 0 radical (unpaired) electrons. The number of aryl methyl sites for hydroxylation is 2. The number of likely N-dealkylation sites (tertiary alicyclic amines) is 1. The Labute approximate surface area is 192 Å². The van der Waals surface area contributed by atoms with E-state index in [4.69, 9.17) is 4.98 Å². The van der Waals surface area contributed by atoms with E-state index in [9.17, 15) is 4.39 Å². The van der Waals surface area contributed by atoms with Crippen LogP contribution in [0.5, 0.6) is 0 Å². The van der Waals surface area contributed by atoms with Gasteiger partial charge in [0.25, 0.3) is 0 Å². The van der Waals surface area contributed by atoms with Crippen molar-refractivity contribution in [3.05, 3.63) is 65.1 Å². The van der Waals surface area contributed by atoms with Crippen LogP contribution in [0.2, 0.25) is 0 Å². The third-order valence-electron chi connectivity index (χ3n) is 7.24. The topological polar surface area (TPSA) is 22.6 Å². The van der Waals surface area contributed by atoms with Crippen LogP contribution < -0.4 is 4.90 Å². The van der Waals surface area contributed by atoms with E-state index in [0.29, 0.717) is 12.1 Å². The van der Waals surface area contributed by atoms with Crippen molar-refractivity contribution >= 4 is 11.9 Å². The second-order valence-corrected chi connectivity index (χ2v) is 9.46. The first kappa shape index (κ1) is 22.9. The van der Waals surface area contributed by atoms with Crippen LogP contribution in [0.15, 0.2) is 37.0 Å². The highest BCUT2D eigenvalue weighted by Gasteiger charge is 2.33. The molecule has 0 aliphatic carbocycles. The molecule has 4 nitrogen and oxygen atoms in total. The lowest BCUT2D eigenvalue weighted by Gasteiger charge is -2.48. The number of piperazine rings is 1. The lowest BCUT2D eigenvalue weighted by molar-refractivity contribution is 0.0607. The van der Waals surface area contributed by atoms with Gasteiger partial charge in [-0.2, -0.15) is 0 Å². The largest absolute Gasteiger partial charge is 0.354 e. The van der Waals surface area contributed by atoms with Gasteiger partial charge in [0, 0.05) is 50.0 Å². The van der Waals surface area contributed by atoms with Crippen molar-refractivity contribution in [1.82, 2.24) is 14.8 Å². The molecule has 4 rings (SSSR count). The maximum atomic E-state index is 14.3. The fourth-order valence-corrected chi connectivity index (χ4v) is 5.37. The number of hydrogen-bond acceptors (Lipinski definition) is 4. The zero-order valence-corrected chi connectivity index (χ0v) is 19.9. The van der Waals surface area contributed by atoms with Gasteiger partial charge in [0.05, 0.1) is 0 Å². The van der Waals surface area contributed by atoms with Gasteiger partial charge in [-0.3, -0.25) is 9.80 Å². The SMILES string of the molecule is C=Cc1cnc(N2CCN(C3CCN(Cc4ccc(C)cc4F)CC3)C(CC)C2)c(C)c1. The molecule has 2 aliphatic heterocycles.